The molecule has 0 bridgehead atoms. The van der Waals surface area contributed by atoms with Gasteiger partial charge >= 0.3 is 0 Å². The third-order valence-electron chi connectivity index (χ3n) is 3.56. The predicted molar refractivity (Wildman–Crippen MR) is 86.1 cm³/mol. The van der Waals surface area contributed by atoms with Gasteiger partial charge in [0.1, 0.15) is 4.99 Å². The number of nitrogens with two attached hydrogens (primary N) is 1. The summed E-state index contributed by atoms with van der Waals surface area (Å²) < 4.78 is 0. The van der Waals surface area contributed by atoms with E-state index in [4.69, 9.17) is 29.6 Å². The maximum Gasteiger partial charge on any atom is 0.106 e. The van der Waals surface area contributed by atoms with E-state index in [0.29, 0.717) is 16.1 Å². The average molecular weight is 298 g/mol. The normalized spacial score (nSPS) is 20.2. The van der Waals surface area contributed by atoms with Crippen LogP contribution >= 0.6 is 23.8 Å². The minimum atomic E-state index is 0.383. The number of likely N-dealkylation sites (N-methyl/N-ethyl adjacent to an activating group) is 1. The first kappa shape index (κ1) is 14.6. The number of halogens is 1. The molecule has 1 heterocycles. The third-order valence-corrected chi connectivity index (χ3v) is 4.01. The second-order valence-corrected chi connectivity index (χ2v) is 5.81. The van der Waals surface area contributed by atoms with E-state index >= 15 is 0 Å². The molecule has 3 N–H and O–H groups in total. The van der Waals surface area contributed by atoms with Crippen molar-refractivity contribution in [2.45, 2.75) is 25.8 Å². The molecule has 0 saturated carbocycles. The van der Waals surface area contributed by atoms with Gasteiger partial charge in [-0.05, 0) is 44.1 Å². The quantitative estimate of drug-likeness (QED) is 0.839. The van der Waals surface area contributed by atoms with E-state index < -0.39 is 0 Å². The van der Waals surface area contributed by atoms with Gasteiger partial charge < -0.3 is 16.0 Å². The summed E-state index contributed by atoms with van der Waals surface area (Å²) in [6, 6.07) is 6.10. The maximum atomic E-state index is 6.00. The van der Waals surface area contributed by atoms with E-state index in [9.17, 15) is 0 Å². The molecule has 0 radical (unpaired) electrons. The minimum Gasteiger partial charge on any atom is -0.389 e. The molecule has 1 unspecified atom stereocenters. The molecular weight excluding hydrogens is 278 g/mol. The van der Waals surface area contributed by atoms with Crippen molar-refractivity contribution in [3.05, 3.63) is 28.8 Å². The molecule has 3 nitrogen and oxygen atoms in total. The van der Waals surface area contributed by atoms with Gasteiger partial charge in [-0.25, -0.2) is 0 Å². The van der Waals surface area contributed by atoms with Gasteiger partial charge in [0, 0.05) is 28.9 Å². The van der Waals surface area contributed by atoms with Gasteiger partial charge in [-0.15, -0.1) is 0 Å². The van der Waals surface area contributed by atoms with Crippen LogP contribution < -0.4 is 11.1 Å². The van der Waals surface area contributed by atoms with Crippen molar-refractivity contribution in [3.63, 3.8) is 0 Å². The van der Waals surface area contributed by atoms with Crippen LogP contribution in [0.1, 0.15) is 25.3 Å². The molecule has 1 aromatic rings. The number of piperidine rings is 1. The van der Waals surface area contributed by atoms with Gasteiger partial charge in [0.2, 0.25) is 0 Å². The first-order chi connectivity index (χ1) is 9.10. The van der Waals surface area contributed by atoms with Gasteiger partial charge in [0.25, 0.3) is 0 Å². The van der Waals surface area contributed by atoms with Crippen LogP contribution in [0, 0.1) is 0 Å². The molecule has 0 aliphatic carbocycles. The number of nitrogens with zero attached hydrogens (tertiary/aromatic N) is 1. The highest BCUT2D eigenvalue weighted by Gasteiger charge is 2.19. The summed E-state index contributed by atoms with van der Waals surface area (Å²) in [5, 5.41) is 4.21. The lowest BCUT2D eigenvalue weighted by Crippen LogP contribution is -2.42. The van der Waals surface area contributed by atoms with Crippen molar-refractivity contribution in [2.24, 2.45) is 5.73 Å². The minimum absolute atomic E-state index is 0.383. The van der Waals surface area contributed by atoms with Crippen LogP contribution in [0.25, 0.3) is 0 Å². The van der Waals surface area contributed by atoms with Gasteiger partial charge in [-0.3, -0.25) is 0 Å². The smallest absolute Gasteiger partial charge is 0.106 e. The van der Waals surface area contributed by atoms with Crippen LogP contribution in [0.3, 0.4) is 0 Å². The number of anilines is 1. The average Bonchev–Trinajstić information content (AvgIpc) is 2.41. The molecule has 2 rings (SSSR count). The SMILES string of the molecule is CCN1CCCC(Nc2ccc(Cl)cc2C(N)=S)C1. The fourth-order valence-electron chi connectivity index (χ4n) is 2.53. The van der Waals surface area contributed by atoms with Crippen LogP contribution in [0.4, 0.5) is 5.69 Å². The first-order valence-electron chi connectivity index (χ1n) is 6.68. The van der Waals surface area contributed by atoms with Crippen molar-refractivity contribution in [1.29, 1.82) is 0 Å². The van der Waals surface area contributed by atoms with Crippen LogP contribution in [-0.4, -0.2) is 35.6 Å². The largest absolute Gasteiger partial charge is 0.389 e. The lowest BCUT2D eigenvalue weighted by atomic mass is 10.0. The van der Waals surface area contributed by atoms with E-state index in [1.807, 2.05) is 18.2 Å². The zero-order valence-corrected chi connectivity index (χ0v) is 12.7. The van der Waals surface area contributed by atoms with Gasteiger partial charge in [-0.1, -0.05) is 30.7 Å². The third kappa shape index (κ3) is 3.81. The van der Waals surface area contributed by atoms with Crippen LogP contribution in [-0.2, 0) is 0 Å². The molecule has 1 atom stereocenters. The fourth-order valence-corrected chi connectivity index (χ4v) is 2.87. The zero-order valence-electron chi connectivity index (χ0n) is 11.2. The first-order valence-corrected chi connectivity index (χ1v) is 7.47. The maximum absolute atomic E-state index is 6.00. The van der Waals surface area contributed by atoms with Crippen molar-refractivity contribution in [3.8, 4) is 0 Å². The molecule has 1 aromatic carbocycles. The molecule has 1 fully saturated rings. The standard InChI is InChI=1S/C14H20ClN3S/c1-2-18-7-3-4-11(9-18)17-13-6-5-10(15)8-12(13)14(16)19/h5-6,8,11,17H,2-4,7,9H2,1H3,(H2,16,19). The molecule has 1 aliphatic rings. The summed E-state index contributed by atoms with van der Waals surface area (Å²) >= 11 is 11.1. The van der Waals surface area contributed by atoms with E-state index in [1.165, 1.54) is 19.4 Å². The summed E-state index contributed by atoms with van der Waals surface area (Å²) in [6.45, 7) is 5.55. The molecule has 0 amide bonds. The molecular formula is C14H20ClN3S. The number of nitrogens with one attached hydrogen (secondary N) is 1. The van der Waals surface area contributed by atoms with Crippen molar-refractivity contribution in [1.82, 2.24) is 4.90 Å². The Morgan fingerprint density at radius 3 is 3.05 bits per heavy atom. The molecule has 1 saturated heterocycles. The molecule has 19 heavy (non-hydrogen) atoms. The fraction of sp³-hybridized carbons (Fsp3) is 0.500. The van der Waals surface area contributed by atoms with Crippen LogP contribution in [0.2, 0.25) is 5.02 Å². The van der Waals surface area contributed by atoms with Crippen LogP contribution in [0.5, 0.6) is 0 Å². The number of benzene rings is 1. The Bertz CT molecular complexity index is 464. The Morgan fingerprint density at radius 1 is 1.58 bits per heavy atom. The van der Waals surface area contributed by atoms with Gasteiger partial charge in [0.05, 0.1) is 0 Å². The van der Waals surface area contributed by atoms with Crippen LogP contribution in [0.15, 0.2) is 18.2 Å². The van der Waals surface area contributed by atoms with Crippen molar-refractivity contribution in [2.75, 3.05) is 25.0 Å². The summed E-state index contributed by atoms with van der Waals surface area (Å²) in [7, 11) is 0. The second-order valence-electron chi connectivity index (χ2n) is 4.93. The lowest BCUT2D eigenvalue weighted by Gasteiger charge is -2.33. The number of hydrogen-bond donors (Lipinski definition) is 2. The monoisotopic (exact) mass is 297 g/mol. The summed E-state index contributed by atoms with van der Waals surface area (Å²) in [6.07, 6.45) is 2.40. The Balaban J connectivity index is 2.12. The van der Waals surface area contributed by atoms with Crippen molar-refractivity contribution < 1.29 is 0 Å². The number of hydrogen-bond acceptors (Lipinski definition) is 3. The molecule has 5 heteroatoms. The number of likely N-dealkylation sites (tertiary alicyclic amines) is 1. The Labute approximate surface area is 125 Å². The highest BCUT2D eigenvalue weighted by molar-refractivity contribution is 7.80. The summed E-state index contributed by atoms with van der Waals surface area (Å²) in [4.78, 5) is 2.84. The molecule has 1 aliphatic heterocycles. The Morgan fingerprint density at radius 2 is 2.37 bits per heavy atom. The highest BCUT2D eigenvalue weighted by Crippen LogP contribution is 2.23. The van der Waals surface area contributed by atoms with E-state index in [2.05, 4.69) is 17.1 Å². The highest BCUT2D eigenvalue weighted by atomic mass is 35.5. The van der Waals surface area contributed by atoms with Gasteiger partial charge in [-0.2, -0.15) is 0 Å². The lowest BCUT2D eigenvalue weighted by molar-refractivity contribution is 0.227. The van der Waals surface area contributed by atoms with E-state index in [0.717, 1.165) is 24.3 Å². The second kappa shape index (κ2) is 6.55. The van der Waals surface area contributed by atoms with Gasteiger partial charge in [0.15, 0.2) is 0 Å². The molecule has 0 spiro atoms. The van der Waals surface area contributed by atoms with Crippen molar-refractivity contribution >= 4 is 34.5 Å². The topological polar surface area (TPSA) is 41.3 Å². The summed E-state index contributed by atoms with van der Waals surface area (Å²) in [5.41, 5.74) is 7.58. The number of rotatable bonds is 4. The zero-order chi connectivity index (χ0) is 13.8. The Hall–Kier alpha value is -0.840. The van der Waals surface area contributed by atoms with E-state index in [1.54, 1.807) is 0 Å². The molecule has 0 aromatic heterocycles. The van der Waals surface area contributed by atoms with E-state index in [-0.39, 0.29) is 0 Å². The number of thiocarbonyl (C=S) groups is 1. The Kier molecular flexibility index (Phi) is 5.02. The predicted octanol–water partition coefficient (Wildman–Crippen LogP) is 2.87. The molecule has 104 valence electrons. The summed E-state index contributed by atoms with van der Waals surface area (Å²) in [5.74, 6) is 0.